The number of hydrogen-bond donors (Lipinski definition) is 1. The Morgan fingerprint density at radius 2 is 2.10 bits per heavy atom. The van der Waals surface area contributed by atoms with Crippen LogP contribution in [0.25, 0.3) is 0 Å². The molecular weight excluding hydrogens is 248 g/mol. The lowest BCUT2D eigenvalue weighted by molar-refractivity contribution is 0.503. The Labute approximate surface area is 121 Å². The number of rotatable bonds is 6. The van der Waals surface area contributed by atoms with Crippen molar-refractivity contribution in [1.29, 1.82) is 0 Å². The first-order valence-corrected chi connectivity index (χ1v) is 7.22. The van der Waals surface area contributed by atoms with E-state index in [9.17, 15) is 0 Å². The van der Waals surface area contributed by atoms with Crippen molar-refractivity contribution < 1.29 is 4.42 Å². The third-order valence-corrected chi connectivity index (χ3v) is 3.47. The maximum Gasteiger partial charge on any atom is 0.123 e. The largest absolute Gasteiger partial charge is 0.467 e. The maximum absolute atomic E-state index is 5.87. The Balaban J connectivity index is 2.17. The second kappa shape index (κ2) is 6.62. The quantitative estimate of drug-likeness (QED) is 0.875. The van der Waals surface area contributed by atoms with Gasteiger partial charge in [-0.1, -0.05) is 12.1 Å². The summed E-state index contributed by atoms with van der Waals surface area (Å²) in [5.41, 5.74) is 9.72. The molecule has 1 atom stereocenters. The van der Waals surface area contributed by atoms with Gasteiger partial charge < -0.3 is 15.1 Å². The molecule has 0 radical (unpaired) electrons. The number of nitrogens with two attached hydrogens (primary N) is 1. The summed E-state index contributed by atoms with van der Waals surface area (Å²) in [4.78, 5) is 2.32. The second-order valence-electron chi connectivity index (χ2n) is 5.40. The van der Waals surface area contributed by atoms with E-state index in [4.69, 9.17) is 10.2 Å². The van der Waals surface area contributed by atoms with Crippen LogP contribution in [0.15, 0.2) is 41.0 Å². The summed E-state index contributed by atoms with van der Waals surface area (Å²) in [7, 11) is 0. The highest BCUT2D eigenvalue weighted by molar-refractivity contribution is 5.54. The number of furan rings is 1. The van der Waals surface area contributed by atoms with Gasteiger partial charge in [0.05, 0.1) is 12.8 Å². The molecule has 3 heteroatoms. The van der Waals surface area contributed by atoms with E-state index in [1.165, 1.54) is 16.8 Å². The molecule has 0 aliphatic carbocycles. The molecule has 20 heavy (non-hydrogen) atoms. The van der Waals surface area contributed by atoms with Crippen LogP contribution in [0.4, 0.5) is 5.69 Å². The number of aryl methyl sites for hydroxylation is 1. The van der Waals surface area contributed by atoms with Gasteiger partial charge in [0.15, 0.2) is 0 Å². The van der Waals surface area contributed by atoms with Crippen molar-refractivity contribution >= 4 is 5.69 Å². The Morgan fingerprint density at radius 1 is 1.30 bits per heavy atom. The first kappa shape index (κ1) is 14.7. The minimum Gasteiger partial charge on any atom is -0.467 e. The standard InChI is InChI=1S/C17H24N2O/c1-4-19(12-16-6-5-9-20-16)17-8-7-15(10-13(17)2)11-14(3)18/h5-10,14H,4,11-12,18H2,1-3H3. The van der Waals surface area contributed by atoms with Crippen LogP contribution in [0, 0.1) is 6.92 Å². The number of hydrogen-bond acceptors (Lipinski definition) is 3. The van der Waals surface area contributed by atoms with E-state index in [2.05, 4.69) is 36.9 Å². The zero-order valence-electron chi connectivity index (χ0n) is 12.6. The minimum atomic E-state index is 0.200. The van der Waals surface area contributed by atoms with Gasteiger partial charge in [0.25, 0.3) is 0 Å². The summed E-state index contributed by atoms with van der Waals surface area (Å²) in [6.45, 7) is 8.12. The summed E-state index contributed by atoms with van der Waals surface area (Å²) in [6.07, 6.45) is 2.65. The third-order valence-electron chi connectivity index (χ3n) is 3.47. The molecule has 0 amide bonds. The average Bonchev–Trinajstić information content (AvgIpc) is 2.89. The van der Waals surface area contributed by atoms with Gasteiger partial charge in [-0.3, -0.25) is 0 Å². The normalized spacial score (nSPS) is 12.4. The summed E-state index contributed by atoms with van der Waals surface area (Å²) in [5.74, 6) is 0.992. The van der Waals surface area contributed by atoms with Gasteiger partial charge in [-0.05, 0) is 56.5 Å². The lowest BCUT2D eigenvalue weighted by Crippen LogP contribution is -2.23. The second-order valence-corrected chi connectivity index (χ2v) is 5.40. The molecule has 0 fully saturated rings. The smallest absolute Gasteiger partial charge is 0.123 e. The van der Waals surface area contributed by atoms with Gasteiger partial charge in [0.1, 0.15) is 5.76 Å². The maximum atomic E-state index is 5.87. The van der Waals surface area contributed by atoms with Crippen molar-refractivity contribution in [3.63, 3.8) is 0 Å². The molecule has 3 nitrogen and oxygen atoms in total. The summed E-state index contributed by atoms with van der Waals surface area (Å²) >= 11 is 0. The SMILES string of the molecule is CCN(Cc1ccco1)c1ccc(CC(C)N)cc1C. The average molecular weight is 272 g/mol. The Morgan fingerprint density at radius 3 is 2.65 bits per heavy atom. The summed E-state index contributed by atoms with van der Waals surface area (Å²) in [5, 5.41) is 0. The van der Waals surface area contributed by atoms with Gasteiger partial charge >= 0.3 is 0 Å². The monoisotopic (exact) mass is 272 g/mol. The third kappa shape index (κ3) is 3.64. The lowest BCUT2D eigenvalue weighted by Gasteiger charge is -2.24. The topological polar surface area (TPSA) is 42.4 Å². The highest BCUT2D eigenvalue weighted by Crippen LogP contribution is 2.23. The molecular formula is C17H24N2O. The van der Waals surface area contributed by atoms with Crippen LogP contribution in [-0.2, 0) is 13.0 Å². The predicted molar refractivity (Wildman–Crippen MR) is 84.0 cm³/mol. The summed E-state index contributed by atoms with van der Waals surface area (Å²) in [6, 6.07) is 10.8. The Kier molecular flexibility index (Phi) is 4.85. The first-order chi connectivity index (χ1) is 9.60. The lowest BCUT2D eigenvalue weighted by atomic mass is 10.0. The summed E-state index contributed by atoms with van der Waals surface area (Å²) < 4.78 is 5.45. The van der Waals surface area contributed by atoms with E-state index >= 15 is 0 Å². The van der Waals surface area contributed by atoms with Crippen LogP contribution in [0.2, 0.25) is 0 Å². The molecule has 1 heterocycles. The van der Waals surface area contributed by atoms with Crippen molar-refractivity contribution in [2.75, 3.05) is 11.4 Å². The molecule has 0 aliphatic rings. The molecule has 2 N–H and O–H groups in total. The molecule has 2 aromatic rings. The zero-order chi connectivity index (χ0) is 14.5. The van der Waals surface area contributed by atoms with Crippen molar-refractivity contribution in [2.24, 2.45) is 5.73 Å². The highest BCUT2D eigenvalue weighted by atomic mass is 16.3. The van der Waals surface area contributed by atoms with E-state index in [1.807, 2.05) is 19.1 Å². The van der Waals surface area contributed by atoms with Crippen LogP contribution in [0.3, 0.4) is 0 Å². The number of anilines is 1. The van der Waals surface area contributed by atoms with E-state index < -0.39 is 0 Å². The highest BCUT2D eigenvalue weighted by Gasteiger charge is 2.10. The molecule has 0 bridgehead atoms. The Bertz CT molecular complexity index is 532. The van der Waals surface area contributed by atoms with Gasteiger partial charge in [0, 0.05) is 18.3 Å². The van der Waals surface area contributed by atoms with Gasteiger partial charge in [-0.2, -0.15) is 0 Å². The van der Waals surface area contributed by atoms with Crippen molar-refractivity contribution in [3.05, 3.63) is 53.5 Å². The van der Waals surface area contributed by atoms with Crippen molar-refractivity contribution in [1.82, 2.24) is 0 Å². The predicted octanol–water partition coefficient (Wildman–Crippen LogP) is 3.50. The molecule has 1 unspecified atom stereocenters. The fourth-order valence-electron chi connectivity index (χ4n) is 2.53. The molecule has 1 aromatic heterocycles. The van der Waals surface area contributed by atoms with Crippen molar-refractivity contribution in [3.8, 4) is 0 Å². The number of nitrogens with zero attached hydrogens (tertiary/aromatic N) is 1. The minimum absolute atomic E-state index is 0.200. The van der Waals surface area contributed by atoms with Gasteiger partial charge in [0.2, 0.25) is 0 Å². The van der Waals surface area contributed by atoms with E-state index in [1.54, 1.807) is 6.26 Å². The molecule has 108 valence electrons. The Hall–Kier alpha value is -1.74. The molecule has 0 aliphatic heterocycles. The molecule has 0 saturated carbocycles. The van der Waals surface area contributed by atoms with Crippen LogP contribution in [0.1, 0.15) is 30.7 Å². The van der Waals surface area contributed by atoms with Crippen LogP contribution in [-0.4, -0.2) is 12.6 Å². The molecule has 0 spiro atoms. The van der Waals surface area contributed by atoms with Gasteiger partial charge in [-0.25, -0.2) is 0 Å². The molecule has 0 saturated heterocycles. The van der Waals surface area contributed by atoms with Crippen LogP contribution >= 0.6 is 0 Å². The fraction of sp³-hybridized carbons (Fsp3) is 0.412. The molecule has 2 rings (SSSR count). The van der Waals surface area contributed by atoms with Gasteiger partial charge in [-0.15, -0.1) is 0 Å². The first-order valence-electron chi connectivity index (χ1n) is 7.22. The number of benzene rings is 1. The van der Waals surface area contributed by atoms with E-state index in [0.29, 0.717) is 0 Å². The fourth-order valence-corrected chi connectivity index (χ4v) is 2.53. The van der Waals surface area contributed by atoms with E-state index in [-0.39, 0.29) is 6.04 Å². The van der Waals surface area contributed by atoms with Crippen LogP contribution in [0.5, 0.6) is 0 Å². The van der Waals surface area contributed by atoms with E-state index in [0.717, 1.165) is 25.3 Å². The van der Waals surface area contributed by atoms with Crippen molar-refractivity contribution in [2.45, 2.75) is 39.8 Å². The zero-order valence-corrected chi connectivity index (χ0v) is 12.6. The molecule has 1 aromatic carbocycles. The van der Waals surface area contributed by atoms with Crippen LogP contribution < -0.4 is 10.6 Å².